The van der Waals surface area contributed by atoms with Crippen LogP contribution in [0.25, 0.3) is 0 Å². The molecule has 0 saturated heterocycles. The van der Waals surface area contributed by atoms with Crippen molar-refractivity contribution in [3.63, 3.8) is 0 Å². The van der Waals surface area contributed by atoms with Crippen molar-refractivity contribution >= 4 is 21.8 Å². The van der Waals surface area contributed by atoms with Crippen molar-refractivity contribution in [2.45, 2.75) is 58.6 Å². The lowest BCUT2D eigenvalue weighted by molar-refractivity contribution is -0.136. The van der Waals surface area contributed by atoms with Crippen molar-refractivity contribution in [3.8, 4) is 0 Å². The molecule has 0 aromatic carbocycles. The van der Waals surface area contributed by atoms with E-state index in [1.807, 2.05) is 11.8 Å². The topological polar surface area (TPSA) is 29.5 Å². The van der Waals surface area contributed by atoms with Crippen LogP contribution in [-0.2, 0) is 9.53 Å². The number of hydrogen-bond acceptors (Lipinski definition) is 2. The van der Waals surface area contributed by atoms with Gasteiger partial charge in [0.25, 0.3) is 0 Å². The summed E-state index contributed by atoms with van der Waals surface area (Å²) in [6.45, 7) is 7.86. The Morgan fingerprint density at radius 1 is 1.44 bits per heavy atom. The number of carbonyl (C=O) groups excluding carboxylic acids is 1. The van der Waals surface area contributed by atoms with E-state index in [0.29, 0.717) is 30.4 Å². The summed E-state index contributed by atoms with van der Waals surface area (Å²) in [4.78, 5) is 14.2. The summed E-state index contributed by atoms with van der Waals surface area (Å²) >= 11 is 3.42. The van der Waals surface area contributed by atoms with E-state index in [2.05, 4.69) is 29.8 Å². The second kappa shape index (κ2) is 8.16. The number of amides is 1. The second-order valence-corrected chi connectivity index (χ2v) is 6.14. The third kappa shape index (κ3) is 4.88. The van der Waals surface area contributed by atoms with E-state index in [1.54, 1.807) is 0 Å². The van der Waals surface area contributed by atoms with Gasteiger partial charge in [0.05, 0.1) is 6.10 Å². The summed E-state index contributed by atoms with van der Waals surface area (Å²) < 4.78 is 5.53. The first-order valence-electron chi connectivity index (χ1n) is 7.05. The molecule has 0 unspecified atom stereocenters. The molecule has 0 heterocycles. The van der Waals surface area contributed by atoms with Gasteiger partial charge < -0.3 is 9.64 Å². The van der Waals surface area contributed by atoms with Gasteiger partial charge in [0.1, 0.15) is 0 Å². The number of alkyl halides is 1. The Balaban J connectivity index is 2.29. The Bertz CT molecular complexity index is 252. The maximum Gasteiger partial charge on any atom is 0.223 e. The normalized spacial score (nSPS) is 22.9. The summed E-state index contributed by atoms with van der Waals surface area (Å²) in [6, 6.07) is 0.305. The van der Waals surface area contributed by atoms with Crippen LogP contribution >= 0.6 is 15.9 Å². The third-order valence-corrected chi connectivity index (χ3v) is 4.10. The molecule has 1 rings (SSSR count). The average molecular weight is 320 g/mol. The minimum Gasteiger partial charge on any atom is -0.378 e. The standard InChI is InChI=1S/C14H26BrNO2/c1-4-18-13-8-12(9-13)10-14(17)16(11(2)3)7-5-6-15/h11-13H,4-10H2,1-3H3. The van der Waals surface area contributed by atoms with Gasteiger partial charge in [-0.05, 0) is 46.0 Å². The van der Waals surface area contributed by atoms with Gasteiger partial charge in [0.2, 0.25) is 5.91 Å². The molecule has 0 aliphatic heterocycles. The van der Waals surface area contributed by atoms with Crippen LogP contribution in [0.5, 0.6) is 0 Å². The van der Waals surface area contributed by atoms with E-state index in [1.165, 1.54) is 0 Å². The predicted molar refractivity (Wildman–Crippen MR) is 78.0 cm³/mol. The van der Waals surface area contributed by atoms with Gasteiger partial charge in [-0.1, -0.05) is 15.9 Å². The Morgan fingerprint density at radius 2 is 2.11 bits per heavy atom. The van der Waals surface area contributed by atoms with Crippen molar-refractivity contribution < 1.29 is 9.53 Å². The fourth-order valence-electron chi connectivity index (χ4n) is 2.48. The average Bonchev–Trinajstić information content (AvgIpc) is 2.26. The van der Waals surface area contributed by atoms with E-state index in [-0.39, 0.29) is 0 Å². The molecular formula is C14H26BrNO2. The molecule has 1 aliphatic carbocycles. The number of carbonyl (C=O) groups is 1. The van der Waals surface area contributed by atoms with E-state index >= 15 is 0 Å². The van der Waals surface area contributed by atoms with E-state index in [4.69, 9.17) is 4.74 Å². The van der Waals surface area contributed by atoms with E-state index in [9.17, 15) is 4.79 Å². The monoisotopic (exact) mass is 319 g/mol. The Labute approximate surface area is 119 Å². The smallest absolute Gasteiger partial charge is 0.223 e. The van der Waals surface area contributed by atoms with Crippen LogP contribution in [0, 0.1) is 5.92 Å². The van der Waals surface area contributed by atoms with Gasteiger partial charge in [-0.15, -0.1) is 0 Å². The molecule has 106 valence electrons. The highest BCUT2D eigenvalue weighted by Crippen LogP contribution is 2.33. The number of nitrogens with zero attached hydrogens (tertiary/aromatic N) is 1. The molecule has 1 aliphatic rings. The summed E-state index contributed by atoms with van der Waals surface area (Å²) in [7, 11) is 0. The highest BCUT2D eigenvalue weighted by Gasteiger charge is 2.32. The molecule has 0 N–H and O–H groups in total. The maximum atomic E-state index is 12.2. The summed E-state index contributed by atoms with van der Waals surface area (Å²) in [5.74, 6) is 0.852. The number of rotatable bonds is 8. The summed E-state index contributed by atoms with van der Waals surface area (Å²) in [5, 5.41) is 0.958. The molecule has 1 amide bonds. The van der Waals surface area contributed by atoms with Crippen molar-refractivity contribution in [2.24, 2.45) is 5.92 Å². The maximum absolute atomic E-state index is 12.2. The molecule has 0 atom stereocenters. The van der Waals surface area contributed by atoms with Crippen molar-refractivity contribution in [2.75, 3.05) is 18.5 Å². The Morgan fingerprint density at radius 3 is 2.61 bits per heavy atom. The molecule has 0 radical (unpaired) electrons. The van der Waals surface area contributed by atoms with E-state index < -0.39 is 0 Å². The molecule has 0 aromatic heterocycles. The van der Waals surface area contributed by atoms with Gasteiger partial charge >= 0.3 is 0 Å². The number of hydrogen-bond donors (Lipinski definition) is 0. The fourth-order valence-corrected chi connectivity index (χ4v) is 2.73. The first-order chi connectivity index (χ1) is 8.58. The van der Waals surface area contributed by atoms with Crippen molar-refractivity contribution in [3.05, 3.63) is 0 Å². The van der Waals surface area contributed by atoms with Crippen LogP contribution in [0.1, 0.15) is 46.5 Å². The van der Waals surface area contributed by atoms with Crippen LogP contribution in [0.3, 0.4) is 0 Å². The van der Waals surface area contributed by atoms with Crippen LogP contribution in [-0.4, -0.2) is 41.4 Å². The quantitative estimate of drug-likeness (QED) is 0.643. The summed E-state index contributed by atoms with van der Waals surface area (Å²) in [5.41, 5.74) is 0. The van der Waals surface area contributed by atoms with Gasteiger partial charge in [0, 0.05) is 30.9 Å². The lowest BCUT2D eigenvalue weighted by Gasteiger charge is -2.36. The molecule has 3 nitrogen and oxygen atoms in total. The zero-order chi connectivity index (χ0) is 13.5. The number of ether oxygens (including phenoxy) is 1. The fraction of sp³-hybridized carbons (Fsp3) is 0.929. The Kier molecular flexibility index (Phi) is 7.23. The van der Waals surface area contributed by atoms with E-state index in [0.717, 1.165) is 37.7 Å². The van der Waals surface area contributed by atoms with Crippen LogP contribution < -0.4 is 0 Å². The molecule has 1 fully saturated rings. The van der Waals surface area contributed by atoms with Crippen molar-refractivity contribution in [1.29, 1.82) is 0 Å². The molecule has 1 saturated carbocycles. The molecule has 4 heteroatoms. The van der Waals surface area contributed by atoms with Crippen LogP contribution in [0.15, 0.2) is 0 Å². The van der Waals surface area contributed by atoms with Gasteiger partial charge in [0.15, 0.2) is 0 Å². The zero-order valence-electron chi connectivity index (χ0n) is 11.8. The zero-order valence-corrected chi connectivity index (χ0v) is 13.4. The van der Waals surface area contributed by atoms with Gasteiger partial charge in [-0.2, -0.15) is 0 Å². The Hall–Kier alpha value is -0.0900. The predicted octanol–water partition coefficient (Wildman–Crippen LogP) is 3.21. The highest BCUT2D eigenvalue weighted by molar-refractivity contribution is 9.09. The molecular weight excluding hydrogens is 294 g/mol. The highest BCUT2D eigenvalue weighted by atomic mass is 79.9. The molecule has 0 bridgehead atoms. The second-order valence-electron chi connectivity index (χ2n) is 5.34. The lowest BCUT2D eigenvalue weighted by atomic mass is 9.79. The summed E-state index contributed by atoms with van der Waals surface area (Å²) in [6.07, 6.45) is 4.25. The van der Waals surface area contributed by atoms with Crippen LogP contribution in [0.4, 0.5) is 0 Å². The number of halogens is 1. The third-order valence-electron chi connectivity index (χ3n) is 3.53. The van der Waals surface area contributed by atoms with Gasteiger partial charge in [-0.3, -0.25) is 4.79 Å². The van der Waals surface area contributed by atoms with Crippen LogP contribution in [0.2, 0.25) is 0 Å². The van der Waals surface area contributed by atoms with Gasteiger partial charge in [-0.25, -0.2) is 0 Å². The largest absolute Gasteiger partial charge is 0.378 e. The first-order valence-corrected chi connectivity index (χ1v) is 8.17. The first kappa shape index (κ1) is 16.0. The molecule has 18 heavy (non-hydrogen) atoms. The SMILES string of the molecule is CCOC1CC(CC(=O)N(CCCBr)C(C)C)C1. The minimum absolute atomic E-state index is 0.305. The molecule has 0 spiro atoms. The minimum atomic E-state index is 0.305. The molecule has 0 aromatic rings. The van der Waals surface area contributed by atoms with Crippen molar-refractivity contribution in [1.82, 2.24) is 4.90 Å². The lowest BCUT2D eigenvalue weighted by Crippen LogP contribution is -2.41.